The van der Waals surface area contributed by atoms with Gasteiger partial charge < -0.3 is 34.2 Å². The number of carboxylic acids is 2. The molecule has 0 unspecified atom stereocenters. The molecule has 1 aliphatic carbocycles. The zero-order chi connectivity index (χ0) is 40.1. The molecular weight excluding hydrogens is 756 g/mol. The zero-order valence-corrected chi connectivity index (χ0v) is 32.1. The maximum atomic E-state index is 14.1. The second-order valence-corrected chi connectivity index (χ2v) is 14.7. The lowest BCUT2D eigenvalue weighted by Gasteiger charge is -2.33. The molecule has 8 rings (SSSR count). The van der Waals surface area contributed by atoms with E-state index in [4.69, 9.17) is 25.8 Å². The summed E-state index contributed by atoms with van der Waals surface area (Å²) in [6, 6.07) is 20.0. The van der Waals surface area contributed by atoms with Gasteiger partial charge in [0.1, 0.15) is 41.9 Å². The number of ether oxygens (including phenoxy) is 3. The second kappa shape index (κ2) is 17.5. The minimum atomic E-state index is -1.02. The Balaban J connectivity index is 0.000000177. The minimum absolute atomic E-state index is 0.0837. The first-order valence-corrected chi connectivity index (χ1v) is 19.2. The number of carbonyl (C=O) groups is 2. The van der Waals surface area contributed by atoms with Gasteiger partial charge in [0.25, 0.3) is 0 Å². The first kappa shape index (κ1) is 39.4. The Labute approximate surface area is 334 Å². The SMILES string of the molecule is Cc1ccc(OCc2ccc(Cl)cc2F)c(CN2CCCc3c(C(=O)O)cncc32)c1.O=C(O)c1cccc2c1OCCN2Cc1cc(F)ccc1OC1CCC1. The van der Waals surface area contributed by atoms with E-state index in [2.05, 4.69) is 9.88 Å². The number of nitrogens with zero attached hydrogens (tertiary/aromatic N) is 3. The number of fused-ring (bicyclic) bond motifs is 2. The summed E-state index contributed by atoms with van der Waals surface area (Å²) < 4.78 is 45.5. The first-order chi connectivity index (χ1) is 27.5. The van der Waals surface area contributed by atoms with E-state index in [0.717, 1.165) is 60.2 Å². The van der Waals surface area contributed by atoms with E-state index in [1.165, 1.54) is 30.5 Å². The van der Waals surface area contributed by atoms with Gasteiger partial charge in [0.15, 0.2) is 5.75 Å². The van der Waals surface area contributed by atoms with Crippen molar-refractivity contribution in [3.8, 4) is 17.2 Å². The molecule has 0 saturated heterocycles. The molecule has 296 valence electrons. The molecule has 1 aromatic heterocycles. The van der Waals surface area contributed by atoms with Crippen LogP contribution < -0.4 is 24.0 Å². The highest BCUT2D eigenvalue weighted by molar-refractivity contribution is 6.30. The smallest absolute Gasteiger partial charge is 0.339 e. The minimum Gasteiger partial charge on any atom is -0.490 e. The van der Waals surface area contributed by atoms with Crippen LogP contribution in [0, 0.1) is 18.6 Å². The Hall–Kier alpha value is -5.88. The number of anilines is 2. The fourth-order valence-corrected chi connectivity index (χ4v) is 7.36. The number of carboxylic acid groups (broad SMARTS) is 2. The van der Waals surface area contributed by atoms with E-state index in [1.807, 2.05) is 36.1 Å². The van der Waals surface area contributed by atoms with Crippen molar-refractivity contribution in [2.45, 2.75) is 64.8 Å². The number of aromatic carboxylic acids is 2. The lowest BCUT2D eigenvalue weighted by Crippen LogP contribution is -2.33. The highest BCUT2D eigenvalue weighted by Crippen LogP contribution is 2.38. The van der Waals surface area contributed by atoms with Gasteiger partial charge in [-0.1, -0.05) is 41.4 Å². The predicted molar refractivity (Wildman–Crippen MR) is 212 cm³/mol. The summed E-state index contributed by atoms with van der Waals surface area (Å²) in [6.07, 6.45) is 8.12. The standard InChI is InChI=1S/C24H22ClFN2O3.C20H20FNO4/c1-15-4-7-23(31-14-16-5-6-18(25)10-21(16)26)17(9-15)13-28-8-2-3-19-20(24(29)30)11-27-12-22(19)28;21-14-7-8-18(26-15-3-1-4-15)13(11-14)12-22-9-10-25-19-16(20(23)24)5-2-6-17(19)22/h4-7,9-12H,2-3,8,13-14H2,1H3,(H,29,30);2,5-8,11,15H,1,3-4,9-10,12H2,(H,23,24). The largest absolute Gasteiger partial charge is 0.490 e. The van der Waals surface area contributed by atoms with Crippen molar-refractivity contribution in [3.05, 3.63) is 141 Å². The van der Waals surface area contributed by atoms with Gasteiger partial charge in [0, 0.05) is 47.5 Å². The number of halogens is 3. The lowest BCUT2D eigenvalue weighted by molar-refractivity contribution is 0.0682. The molecular formula is C44H42ClF2N3O7. The number of hydrogen-bond acceptors (Lipinski definition) is 8. The summed E-state index contributed by atoms with van der Waals surface area (Å²) in [4.78, 5) is 31.3. The van der Waals surface area contributed by atoms with E-state index in [1.54, 1.807) is 30.5 Å². The molecule has 0 atom stereocenters. The van der Waals surface area contributed by atoms with Gasteiger partial charge in [-0.2, -0.15) is 0 Å². The molecule has 4 aromatic carbocycles. The molecule has 5 aromatic rings. The quantitative estimate of drug-likeness (QED) is 0.134. The Morgan fingerprint density at radius 3 is 2.33 bits per heavy atom. The summed E-state index contributed by atoms with van der Waals surface area (Å²) in [7, 11) is 0. The predicted octanol–water partition coefficient (Wildman–Crippen LogP) is 9.27. The van der Waals surface area contributed by atoms with Crippen LogP contribution in [-0.4, -0.2) is 52.9 Å². The molecule has 3 heterocycles. The fourth-order valence-electron chi connectivity index (χ4n) is 7.20. The van der Waals surface area contributed by atoms with Crippen molar-refractivity contribution < 1.29 is 42.8 Å². The van der Waals surface area contributed by atoms with E-state index in [-0.39, 0.29) is 29.7 Å². The number of pyridine rings is 1. The molecule has 2 aliphatic heterocycles. The monoisotopic (exact) mass is 797 g/mol. The van der Waals surface area contributed by atoms with Crippen molar-refractivity contribution in [3.63, 3.8) is 0 Å². The maximum absolute atomic E-state index is 14.1. The van der Waals surface area contributed by atoms with Crippen LogP contribution in [-0.2, 0) is 26.1 Å². The topological polar surface area (TPSA) is 122 Å². The molecule has 1 saturated carbocycles. The maximum Gasteiger partial charge on any atom is 0.339 e. The summed E-state index contributed by atoms with van der Waals surface area (Å²) in [5, 5.41) is 19.2. The molecule has 0 spiro atoms. The van der Waals surface area contributed by atoms with Gasteiger partial charge in [-0.15, -0.1) is 0 Å². The van der Waals surface area contributed by atoms with Crippen molar-refractivity contribution >= 4 is 34.9 Å². The molecule has 2 N–H and O–H groups in total. The van der Waals surface area contributed by atoms with Gasteiger partial charge in [0.2, 0.25) is 0 Å². The van der Waals surface area contributed by atoms with Gasteiger partial charge in [-0.25, -0.2) is 18.4 Å². The number of para-hydroxylation sites is 1. The molecule has 0 amide bonds. The molecule has 3 aliphatic rings. The van der Waals surface area contributed by atoms with Gasteiger partial charge in [-0.3, -0.25) is 4.98 Å². The van der Waals surface area contributed by atoms with Crippen LogP contribution in [0.4, 0.5) is 20.2 Å². The zero-order valence-electron chi connectivity index (χ0n) is 31.3. The Kier molecular flexibility index (Phi) is 12.1. The van der Waals surface area contributed by atoms with Crippen LogP contribution in [0.3, 0.4) is 0 Å². The second-order valence-electron chi connectivity index (χ2n) is 14.3. The van der Waals surface area contributed by atoms with Crippen molar-refractivity contribution in [1.82, 2.24) is 4.98 Å². The normalized spacial score (nSPS) is 14.6. The molecule has 10 nitrogen and oxygen atoms in total. The Bertz CT molecular complexity index is 2290. The van der Waals surface area contributed by atoms with Gasteiger partial charge >= 0.3 is 11.9 Å². The summed E-state index contributed by atoms with van der Waals surface area (Å²) in [6.45, 7) is 4.82. The van der Waals surface area contributed by atoms with Crippen molar-refractivity contribution in [2.75, 3.05) is 29.5 Å². The lowest BCUT2D eigenvalue weighted by atomic mass is 9.96. The van der Waals surface area contributed by atoms with Gasteiger partial charge in [-0.05, 0) is 93.1 Å². The summed E-state index contributed by atoms with van der Waals surface area (Å²) in [5.41, 5.74) is 5.95. The number of aryl methyl sites for hydroxylation is 1. The summed E-state index contributed by atoms with van der Waals surface area (Å²) >= 11 is 5.83. The first-order valence-electron chi connectivity index (χ1n) is 18.8. The van der Waals surface area contributed by atoms with Crippen LogP contribution in [0.2, 0.25) is 5.02 Å². The van der Waals surface area contributed by atoms with Crippen molar-refractivity contribution in [1.29, 1.82) is 0 Å². The highest BCUT2D eigenvalue weighted by Gasteiger charge is 2.27. The molecule has 57 heavy (non-hydrogen) atoms. The number of rotatable bonds is 11. The number of hydrogen-bond donors (Lipinski definition) is 2. The molecule has 0 radical (unpaired) electrons. The average Bonchev–Trinajstić information content (AvgIpc) is 3.17. The van der Waals surface area contributed by atoms with Crippen LogP contribution in [0.1, 0.15) is 74.2 Å². The van der Waals surface area contributed by atoms with Crippen LogP contribution in [0.25, 0.3) is 0 Å². The Morgan fingerprint density at radius 1 is 0.842 bits per heavy atom. The highest BCUT2D eigenvalue weighted by atomic mass is 35.5. The number of benzene rings is 4. The Morgan fingerprint density at radius 2 is 1.60 bits per heavy atom. The van der Waals surface area contributed by atoms with E-state index < -0.39 is 17.8 Å². The van der Waals surface area contributed by atoms with E-state index >= 15 is 0 Å². The molecule has 13 heteroatoms. The van der Waals surface area contributed by atoms with Crippen LogP contribution in [0.15, 0.2) is 85.2 Å². The van der Waals surface area contributed by atoms with Crippen LogP contribution in [0.5, 0.6) is 17.2 Å². The number of aromatic nitrogens is 1. The molecule has 0 bridgehead atoms. The molecule has 1 fully saturated rings. The fraction of sp³-hybridized carbons (Fsp3) is 0.295. The van der Waals surface area contributed by atoms with Gasteiger partial charge in [0.05, 0.1) is 35.8 Å². The van der Waals surface area contributed by atoms with E-state index in [9.17, 15) is 28.6 Å². The van der Waals surface area contributed by atoms with Crippen molar-refractivity contribution in [2.24, 2.45) is 0 Å². The third kappa shape index (κ3) is 9.23. The third-order valence-electron chi connectivity index (χ3n) is 10.3. The summed E-state index contributed by atoms with van der Waals surface area (Å²) in [5.74, 6) is -0.983. The average molecular weight is 798 g/mol. The van der Waals surface area contributed by atoms with E-state index in [0.29, 0.717) is 66.2 Å². The van der Waals surface area contributed by atoms with Crippen LogP contribution >= 0.6 is 11.6 Å². The third-order valence-corrected chi connectivity index (χ3v) is 10.6.